The van der Waals surface area contributed by atoms with Gasteiger partial charge < -0.3 is 14.6 Å². The molecule has 0 bridgehead atoms. The maximum Gasteiger partial charge on any atom is 0.300 e. The number of carbonyl (C=O) groups is 2. The Morgan fingerprint density at radius 3 is 2.09 bits per heavy atom. The SMILES string of the molecule is CCOc1ccc(N2C(=O)C(=O)/C(=C(/O)c3ccccc3)C2c2ccccc2)cc1OCC. The van der Waals surface area contributed by atoms with Gasteiger partial charge in [-0.05, 0) is 31.5 Å². The van der Waals surface area contributed by atoms with Crippen molar-refractivity contribution in [3.8, 4) is 11.5 Å². The summed E-state index contributed by atoms with van der Waals surface area (Å²) in [5.41, 5.74) is 1.70. The van der Waals surface area contributed by atoms with Gasteiger partial charge >= 0.3 is 0 Å². The quantitative estimate of drug-likeness (QED) is 0.312. The van der Waals surface area contributed by atoms with E-state index in [-0.39, 0.29) is 11.3 Å². The van der Waals surface area contributed by atoms with Crippen molar-refractivity contribution in [2.24, 2.45) is 0 Å². The van der Waals surface area contributed by atoms with Crippen LogP contribution in [-0.4, -0.2) is 30.0 Å². The van der Waals surface area contributed by atoms with Gasteiger partial charge in [0.05, 0.1) is 24.8 Å². The van der Waals surface area contributed by atoms with E-state index in [0.717, 1.165) is 0 Å². The highest BCUT2D eigenvalue weighted by Crippen LogP contribution is 2.44. The molecule has 1 fully saturated rings. The van der Waals surface area contributed by atoms with Crippen LogP contribution in [-0.2, 0) is 9.59 Å². The molecule has 0 aromatic heterocycles. The van der Waals surface area contributed by atoms with Gasteiger partial charge in [-0.25, -0.2) is 0 Å². The zero-order valence-electron chi connectivity index (χ0n) is 18.5. The third kappa shape index (κ3) is 4.20. The van der Waals surface area contributed by atoms with E-state index < -0.39 is 17.7 Å². The van der Waals surface area contributed by atoms with Gasteiger partial charge in [0, 0.05) is 17.3 Å². The van der Waals surface area contributed by atoms with Crippen molar-refractivity contribution >= 4 is 23.1 Å². The molecule has 1 aliphatic rings. The summed E-state index contributed by atoms with van der Waals surface area (Å²) in [6.07, 6.45) is 0. The molecular weight excluding hydrogens is 418 g/mol. The summed E-state index contributed by atoms with van der Waals surface area (Å²) in [6, 6.07) is 22.3. The summed E-state index contributed by atoms with van der Waals surface area (Å²) in [5.74, 6) is -0.625. The van der Waals surface area contributed by atoms with Crippen molar-refractivity contribution in [1.29, 1.82) is 0 Å². The average molecular weight is 443 g/mol. The molecule has 3 aromatic carbocycles. The Labute approximate surface area is 192 Å². The standard InChI is InChI=1S/C27H25NO5/c1-3-32-21-16-15-20(17-22(21)33-4-2)28-24(18-11-7-5-8-12-18)23(26(30)27(28)31)25(29)19-13-9-6-10-14-19/h5-17,24,29H,3-4H2,1-2H3/b25-23+. The predicted octanol–water partition coefficient (Wildman–Crippen LogP) is 5.11. The van der Waals surface area contributed by atoms with E-state index in [4.69, 9.17) is 9.47 Å². The number of aliphatic hydroxyl groups is 1. The molecule has 6 nitrogen and oxygen atoms in total. The zero-order valence-corrected chi connectivity index (χ0v) is 18.5. The van der Waals surface area contributed by atoms with E-state index in [1.165, 1.54) is 4.90 Å². The van der Waals surface area contributed by atoms with Crippen LogP contribution in [0.5, 0.6) is 11.5 Å². The van der Waals surface area contributed by atoms with E-state index in [1.807, 2.05) is 50.2 Å². The zero-order chi connectivity index (χ0) is 23.4. The molecule has 1 aliphatic heterocycles. The van der Waals surface area contributed by atoms with E-state index in [9.17, 15) is 14.7 Å². The first-order chi connectivity index (χ1) is 16.1. The van der Waals surface area contributed by atoms with E-state index in [1.54, 1.807) is 42.5 Å². The molecule has 0 saturated carbocycles. The molecular formula is C27H25NO5. The van der Waals surface area contributed by atoms with Gasteiger partial charge in [-0.1, -0.05) is 60.7 Å². The molecule has 0 radical (unpaired) electrons. The van der Waals surface area contributed by atoms with Gasteiger partial charge in [0.25, 0.3) is 11.7 Å². The predicted molar refractivity (Wildman–Crippen MR) is 126 cm³/mol. The summed E-state index contributed by atoms with van der Waals surface area (Å²) < 4.78 is 11.4. The maximum absolute atomic E-state index is 13.3. The number of nitrogens with zero attached hydrogens (tertiary/aromatic N) is 1. The molecule has 1 amide bonds. The largest absolute Gasteiger partial charge is 0.507 e. The smallest absolute Gasteiger partial charge is 0.300 e. The van der Waals surface area contributed by atoms with Crippen LogP contribution in [0.4, 0.5) is 5.69 Å². The van der Waals surface area contributed by atoms with Gasteiger partial charge in [0.15, 0.2) is 11.5 Å². The van der Waals surface area contributed by atoms with Crippen molar-refractivity contribution in [2.75, 3.05) is 18.1 Å². The number of ether oxygens (including phenoxy) is 2. The third-order valence-corrected chi connectivity index (χ3v) is 5.41. The highest BCUT2D eigenvalue weighted by atomic mass is 16.5. The van der Waals surface area contributed by atoms with Crippen LogP contribution >= 0.6 is 0 Å². The van der Waals surface area contributed by atoms with Crippen molar-refractivity contribution < 1.29 is 24.2 Å². The van der Waals surface area contributed by atoms with Crippen LogP contribution in [0.2, 0.25) is 0 Å². The third-order valence-electron chi connectivity index (χ3n) is 5.41. The second-order valence-electron chi connectivity index (χ2n) is 7.44. The van der Waals surface area contributed by atoms with E-state index >= 15 is 0 Å². The first-order valence-corrected chi connectivity index (χ1v) is 10.9. The highest BCUT2D eigenvalue weighted by molar-refractivity contribution is 6.51. The van der Waals surface area contributed by atoms with E-state index in [0.29, 0.717) is 41.5 Å². The molecule has 1 heterocycles. The van der Waals surface area contributed by atoms with Gasteiger partial charge in [0.2, 0.25) is 0 Å². The second kappa shape index (κ2) is 9.61. The summed E-state index contributed by atoms with van der Waals surface area (Å²) in [7, 11) is 0. The lowest BCUT2D eigenvalue weighted by Crippen LogP contribution is -2.29. The Morgan fingerprint density at radius 1 is 0.848 bits per heavy atom. The highest BCUT2D eigenvalue weighted by Gasteiger charge is 2.47. The van der Waals surface area contributed by atoms with Crippen LogP contribution in [0.1, 0.15) is 31.0 Å². The number of carbonyl (C=O) groups excluding carboxylic acids is 2. The molecule has 33 heavy (non-hydrogen) atoms. The second-order valence-corrected chi connectivity index (χ2v) is 7.44. The first-order valence-electron chi connectivity index (χ1n) is 10.9. The van der Waals surface area contributed by atoms with Crippen LogP contribution in [0.3, 0.4) is 0 Å². The number of hydrogen-bond acceptors (Lipinski definition) is 5. The Kier molecular flexibility index (Phi) is 6.45. The number of rotatable bonds is 7. The fourth-order valence-corrected chi connectivity index (χ4v) is 3.99. The number of Topliss-reactive ketones (excluding diaryl/α,β-unsaturated/α-hetero) is 1. The van der Waals surface area contributed by atoms with Gasteiger partial charge in [0.1, 0.15) is 5.76 Å². The molecule has 1 atom stereocenters. The summed E-state index contributed by atoms with van der Waals surface area (Å²) in [6.45, 7) is 4.61. The number of hydrogen-bond donors (Lipinski definition) is 1. The molecule has 3 aromatic rings. The molecule has 0 spiro atoms. The number of ketones is 1. The number of benzene rings is 3. The Bertz CT molecular complexity index is 1190. The minimum Gasteiger partial charge on any atom is -0.507 e. The fraction of sp³-hybridized carbons (Fsp3) is 0.185. The molecule has 1 saturated heterocycles. The molecule has 6 heteroatoms. The average Bonchev–Trinajstić information content (AvgIpc) is 3.11. The van der Waals surface area contributed by atoms with E-state index in [2.05, 4.69) is 0 Å². The van der Waals surface area contributed by atoms with Crippen LogP contribution in [0.15, 0.2) is 84.4 Å². The molecule has 168 valence electrons. The Balaban J connectivity index is 1.90. The normalized spacial score (nSPS) is 17.3. The Morgan fingerprint density at radius 2 is 1.45 bits per heavy atom. The van der Waals surface area contributed by atoms with Crippen molar-refractivity contribution in [1.82, 2.24) is 0 Å². The van der Waals surface area contributed by atoms with Gasteiger partial charge in [-0.3, -0.25) is 14.5 Å². The Hall–Kier alpha value is -4.06. The number of amides is 1. The first kappa shape index (κ1) is 22.1. The summed E-state index contributed by atoms with van der Waals surface area (Å²) in [5, 5.41) is 11.1. The topological polar surface area (TPSA) is 76.1 Å². The number of aliphatic hydroxyl groups excluding tert-OH is 1. The van der Waals surface area contributed by atoms with Crippen LogP contribution < -0.4 is 14.4 Å². The van der Waals surface area contributed by atoms with Crippen LogP contribution in [0.25, 0.3) is 5.76 Å². The minimum atomic E-state index is -0.793. The molecule has 0 aliphatic carbocycles. The molecule has 1 unspecified atom stereocenters. The van der Waals surface area contributed by atoms with Crippen molar-refractivity contribution in [2.45, 2.75) is 19.9 Å². The molecule has 1 N–H and O–H groups in total. The lowest BCUT2D eigenvalue weighted by atomic mass is 9.95. The fourth-order valence-electron chi connectivity index (χ4n) is 3.99. The summed E-state index contributed by atoms with van der Waals surface area (Å²) in [4.78, 5) is 27.9. The maximum atomic E-state index is 13.3. The lowest BCUT2D eigenvalue weighted by molar-refractivity contribution is -0.132. The summed E-state index contributed by atoms with van der Waals surface area (Å²) >= 11 is 0. The lowest BCUT2D eigenvalue weighted by Gasteiger charge is -2.26. The van der Waals surface area contributed by atoms with Crippen LogP contribution in [0, 0.1) is 0 Å². The number of anilines is 1. The van der Waals surface area contributed by atoms with Gasteiger partial charge in [-0.2, -0.15) is 0 Å². The van der Waals surface area contributed by atoms with Crippen molar-refractivity contribution in [3.63, 3.8) is 0 Å². The monoisotopic (exact) mass is 443 g/mol. The molecule has 4 rings (SSSR count). The minimum absolute atomic E-state index is 0.0456. The van der Waals surface area contributed by atoms with Crippen molar-refractivity contribution in [3.05, 3.63) is 95.6 Å². The van der Waals surface area contributed by atoms with Gasteiger partial charge in [-0.15, -0.1) is 0 Å².